The molecule has 0 unspecified atom stereocenters. The first-order valence-corrected chi connectivity index (χ1v) is 6.04. The fourth-order valence-corrected chi connectivity index (χ4v) is 2.15. The highest BCUT2D eigenvalue weighted by molar-refractivity contribution is 7.90. The zero-order valence-corrected chi connectivity index (χ0v) is 9.24. The van der Waals surface area contributed by atoms with E-state index in [0.29, 0.717) is 0 Å². The van der Waals surface area contributed by atoms with Gasteiger partial charge < -0.3 is 5.32 Å². The van der Waals surface area contributed by atoms with Gasteiger partial charge in [0.1, 0.15) is 0 Å². The van der Waals surface area contributed by atoms with E-state index in [4.69, 9.17) is 0 Å². The maximum atomic E-state index is 11.7. The van der Waals surface area contributed by atoms with E-state index in [2.05, 4.69) is 10.0 Å². The van der Waals surface area contributed by atoms with Crippen LogP contribution < -0.4 is 10.0 Å². The molecule has 5 heteroatoms. The van der Waals surface area contributed by atoms with E-state index >= 15 is 0 Å². The van der Waals surface area contributed by atoms with E-state index in [1.54, 1.807) is 20.8 Å². The van der Waals surface area contributed by atoms with E-state index in [9.17, 15) is 8.42 Å². The van der Waals surface area contributed by atoms with Crippen molar-refractivity contribution in [3.8, 4) is 0 Å². The van der Waals surface area contributed by atoms with Crippen LogP contribution in [0.1, 0.15) is 27.2 Å². The predicted octanol–water partition coefficient (Wildman–Crippen LogP) is 0.0662. The summed E-state index contributed by atoms with van der Waals surface area (Å²) >= 11 is 0. The molecule has 0 amide bonds. The van der Waals surface area contributed by atoms with Crippen LogP contribution >= 0.6 is 0 Å². The summed E-state index contributed by atoms with van der Waals surface area (Å²) in [6.07, 6.45) is 0.884. The SMILES string of the molecule is CC(C)(C)S(=O)(=O)N[C@H]1CCNC1. The second kappa shape index (κ2) is 3.55. The fourth-order valence-electron chi connectivity index (χ4n) is 1.15. The van der Waals surface area contributed by atoms with Gasteiger partial charge in [0.2, 0.25) is 10.0 Å². The number of sulfonamides is 1. The van der Waals surface area contributed by atoms with Gasteiger partial charge in [-0.15, -0.1) is 0 Å². The molecule has 2 N–H and O–H groups in total. The third-order valence-electron chi connectivity index (χ3n) is 2.19. The third kappa shape index (κ3) is 2.65. The molecule has 0 aromatic carbocycles. The smallest absolute Gasteiger partial charge is 0.216 e. The Bertz CT molecular complexity index is 260. The minimum atomic E-state index is -3.17. The Hall–Kier alpha value is -0.130. The van der Waals surface area contributed by atoms with Crippen molar-refractivity contribution in [3.05, 3.63) is 0 Å². The first kappa shape index (κ1) is 10.9. The van der Waals surface area contributed by atoms with Gasteiger partial charge in [-0.25, -0.2) is 13.1 Å². The summed E-state index contributed by atoms with van der Waals surface area (Å²) in [5.74, 6) is 0. The molecule has 0 saturated carbocycles. The molecule has 1 saturated heterocycles. The van der Waals surface area contributed by atoms with Crippen LogP contribution in [0.2, 0.25) is 0 Å². The molecule has 13 heavy (non-hydrogen) atoms. The lowest BCUT2D eigenvalue weighted by atomic mass is 10.3. The van der Waals surface area contributed by atoms with Crippen molar-refractivity contribution in [1.82, 2.24) is 10.0 Å². The largest absolute Gasteiger partial charge is 0.315 e. The van der Waals surface area contributed by atoms with Crippen LogP contribution in [-0.4, -0.2) is 32.3 Å². The molecule has 0 radical (unpaired) electrons. The van der Waals surface area contributed by atoms with Crippen LogP contribution in [0.25, 0.3) is 0 Å². The summed E-state index contributed by atoms with van der Waals surface area (Å²) in [6, 6.07) is 0.0734. The molecule has 1 atom stereocenters. The maximum Gasteiger partial charge on any atom is 0.216 e. The average molecular weight is 206 g/mol. The highest BCUT2D eigenvalue weighted by Crippen LogP contribution is 2.14. The predicted molar refractivity (Wildman–Crippen MR) is 53.1 cm³/mol. The zero-order chi connectivity index (χ0) is 10.1. The summed E-state index contributed by atoms with van der Waals surface area (Å²) in [5, 5.41) is 3.12. The van der Waals surface area contributed by atoms with Crippen molar-refractivity contribution >= 4 is 10.0 Å². The van der Waals surface area contributed by atoms with Gasteiger partial charge in [-0.1, -0.05) is 0 Å². The van der Waals surface area contributed by atoms with Crippen molar-refractivity contribution < 1.29 is 8.42 Å². The van der Waals surface area contributed by atoms with Gasteiger partial charge in [-0.05, 0) is 33.7 Å². The first-order chi connectivity index (χ1) is 5.83. The van der Waals surface area contributed by atoms with E-state index in [-0.39, 0.29) is 6.04 Å². The Kier molecular flexibility index (Phi) is 2.99. The molecule has 1 aliphatic heterocycles. The zero-order valence-electron chi connectivity index (χ0n) is 8.42. The van der Waals surface area contributed by atoms with E-state index in [0.717, 1.165) is 19.5 Å². The molecule has 1 heterocycles. The second-order valence-corrected chi connectivity index (χ2v) is 6.89. The van der Waals surface area contributed by atoms with Gasteiger partial charge in [0.05, 0.1) is 4.75 Å². The standard InChI is InChI=1S/C8H18N2O2S/c1-8(2,3)13(11,12)10-7-4-5-9-6-7/h7,9-10H,4-6H2,1-3H3/t7-/m0/s1. The molecule has 0 spiro atoms. The summed E-state index contributed by atoms with van der Waals surface area (Å²) in [4.78, 5) is 0. The van der Waals surface area contributed by atoms with Crippen LogP contribution in [0.15, 0.2) is 0 Å². The minimum Gasteiger partial charge on any atom is -0.315 e. The van der Waals surface area contributed by atoms with Gasteiger partial charge in [0.15, 0.2) is 0 Å². The van der Waals surface area contributed by atoms with Gasteiger partial charge in [0, 0.05) is 12.6 Å². The third-order valence-corrected chi connectivity index (χ3v) is 4.44. The Balaban J connectivity index is 2.62. The molecular formula is C8H18N2O2S. The van der Waals surface area contributed by atoms with Gasteiger partial charge >= 0.3 is 0 Å². The molecule has 1 aliphatic rings. The summed E-state index contributed by atoms with van der Waals surface area (Å²) in [5.41, 5.74) is 0. The molecule has 0 aliphatic carbocycles. The highest BCUT2D eigenvalue weighted by Gasteiger charge is 2.31. The van der Waals surface area contributed by atoms with Gasteiger partial charge in [0.25, 0.3) is 0 Å². The van der Waals surface area contributed by atoms with Gasteiger partial charge in [-0.3, -0.25) is 0 Å². The van der Waals surface area contributed by atoms with Crippen LogP contribution in [0.3, 0.4) is 0 Å². The molecule has 0 bridgehead atoms. The lowest BCUT2D eigenvalue weighted by Crippen LogP contribution is -2.45. The Morgan fingerprint density at radius 1 is 1.38 bits per heavy atom. The van der Waals surface area contributed by atoms with Gasteiger partial charge in [-0.2, -0.15) is 0 Å². The highest BCUT2D eigenvalue weighted by atomic mass is 32.2. The van der Waals surface area contributed by atoms with Crippen LogP contribution in [0.5, 0.6) is 0 Å². The monoisotopic (exact) mass is 206 g/mol. The van der Waals surface area contributed by atoms with E-state index in [1.807, 2.05) is 0 Å². The number of nitrogens with one attached hydrogen (secondary N) is 2. The fraction of sp³-hybridized carbons (Fsp3) is 1.00. The molecule has 0 aromatic rings. The number of hydrogen-bond donors (Lipinski definition) is 2. The Morgan fingerprint density at radius 3 is 2.38 bits per heavy atom. The first-order valence-electron chi connectivity index (χ1n) is 4.55. The van der Waals surface area contributed by atoms with Crippen LogP contribution in [0.4, 0.5) is 0 Å². The Morgan fingerprint density at radius 2 is 2.00 bits per heavy atom. The number of rotatable bonds is 2. The molecule has 4 nitrogen and oxygen atoms in total. The molecular weight excluding hydrogens is 188 g/mol. The second-order valence-electron chi connectivity index (χ2n) is 4.42. The van der Waals surface area contributed by atoms with Crippen molar-refractivity contribution in [2.75, 3.05) is 13.1 Å². The lowest BCUT2D eigenvalue weighted by Gasteiger charge is -2.22. The van der Waals surface area contributed by atoms with Crippen molar-refractivity contribution in [3.63, 3.8) is 0 Å². The summed E-state index contributed by atoms with van der Waals surface area (Å²) < 4.78 is 25.3. The minimum absolute atomic E-state index is 0.0734. The molecule has 78 valence electrons. The quantitative estimate of drug-likeness (QED) is 0.672. The maximum absolute atomic E-state index is 11.7. The average Bonchev–Trinajstić information content (AvgIpc) is 2.35. The molecule has 1 rings (SSSR count). The van der Waals surface area contributed by atoms with Crippen molar-refractivity contribution in [2.45, 2.75) is 38.0 Å². The van der Waals surface area contributed by atoms with E-state index < -0.39 is 14.8 Å². The Labute approximate surface area is 80.1 Å². The van der Waals surface area contributed by atoms with E-state index in [1.165, 1.54) is 0 Å². The van der Waals surface area contributed by atoms with Crippen LogP contribution in [0, 0.1) is 0 Å². The number of hydrogen-bond acceptors (Lipinski definition) is 3. The molecule has 0 aromatic heterocycles. The lowest BCUT2D eigenvalue weighted by molar-refractivity contribution is 0.527. The topological polar surface area (TPSA) is 58.2 Å². The van der Waals surface area contributed by atoms with Crippen LogP contribution in [-0.2, 0) is 10.0 Å². The summed E-state index contributed by atoms with van der Waals surface area (Å²) in [7, 11) is -3.17. The summed E-state index contributed by atoms with van der Waals surface area (Å²) in [6.45, 7) is 6.76. The molecule has 1 fully saturated rings. The van der Waals surface area contributed by atoms with Crippen molar-refractivity contribution in [1.29, 1.82) is 0 Å². The normalized spacial score (nSPS) is 25.0. The van der Waals surface area contributed by atoms with Crippen molar-refractivity contribution in [2.24, 2.45) is 0 Å².